The predicted octanol–water partition coefficient (Wildman–Crippen LogP) is 5.07. The van der Waals surface area contributed by atoms with Gasteiger partial charge in [-0.3, -0.25) is 9.88 Å². The maximum Gasteiger partial charge on any atom is 0.248 e. The topological polar surface area (TPSA) is 55.1 Å². The van der Waals surface area contributed by atoms with Gasteiger partial charge >= 0.3 is 0 Å². The molecule has 0 radical (unpaired) electrons. The second-order valence-corrected chi connectivity index (χ2v) is 7.71. The Morgan fingerprint density at radius 1 is 1.11 bits per heavy atom. The molecule has 1 aliphatic heterocycles. The van der Waals surface area contributed by atoms with Crippen molar-refractivity contribution in [3.63, 3.8) is 0 Å². The van der Waals surface area contributed by atoms with Crippen molar-refractivity contribution >= 4 is 22.2 Å². The SMILES string of the molecule is c1ccc2c(CN3CCCC[C@@H]3c3nnc(-c4ccsc4)o3)ccnc2c1. The molecule has 0 unspecified atom stereocenters. The molecule has 0 amide bonds. The highest BCUT2D eigenvalue weighted by Gasteiger charge is 2.29. The first-order valence-electron chi connectivity index (χ1n) is 9.31. The summed E-state index contributed by atoms with van der Waals surface area (Å²) < 4.78 is 6.05. The van der Waals surface area contributed by atoms with Crippen LogP contribution in [0.2, 0.25) is 0 Å². The van der Waals surface area contributed by atoms with E-state index in [2.05, 4.69) is 44.3 Å². The number of piperidine rings is 1. The molecule has 1 aliphatic rings. The van der Waals surface area contributed by atoms with Gasteiger partial charge < -0.3 is 4.42 Å². The van der Waals surface area contributed by atoms with Gasteiger partial charge in [0.15, 0.2) is 0 Å². The van der Waals surface area contributed by atoms with Crippen LogP contribution in [-0.2, 0) is 6.54 Å². The van der Waals surface area contributed by atoms with E-state index in [0.29, 0.717) is 5.89 Å². The summed E-state index contributed by atoms with van der Waals surface area (Å²) in [4.78, 5) is 6.95. The number of likely N-dealkylation sites (tertiary alicyclic amines) is 1. The average molecular weight is 376 g/mol. The first-order valence-corrected chi connectivity index (χ1v) is 10.3. The Kier molecular flexibility index (Phi) is 4.43. The second-order valence-electron chi connectivity index (χ2n) is 6.93. The number of thiophene rings is 1. The summed E-state index contributed by atoms with van der Waals surface area (Å²) in [6.45, 7) is 1.90. The Hall–Kier alpha value is -2.57. The molecule has 0 aliphatic carbocycles. The summed E-state index contributed by atoms with van der Waals surface area (Å²) in [5, 5.41) is 13.9. The molecule has 27 heavy (non-hydrogen) atoms. The van der Waals surface area contributed by atoms with Gasteiger partial charge in [0, 0.05) is 29.1 Å². The molecule has 6 heteroatoms. The van der Waals surface area contributed by atoms with E-state index in [0.717, 1.165) is 36.5 Å². The Labute approximate surface area is 161 Å². The lowest BCUT2D eigenvalue weighted by Crippen LogP contribution is -2.33. The molecule has 0 N–H and O–H groups in total. The fourth-order valence-electron chi connectivity index (χ4n) is 3.84. The van der Waals surface area contributed by atoms with E-state index >= 15 is 0 Å². The molecule has 5 nitrogen and oxygen atoms in total. The summed E-state index contributed by atoms with van der Waals surface area (Å²) in [6.07, 6.45) is 5.34. The number of nitrogens with zero attached hydrogens (tertiary/aromatic N) is 4. The van der Waals surface area contributed by atoms with Crippen molar-refractivity contribution in [1.82, 2.24) is 20.1 Å². The minimum absolute atomic E-state index is 0.172. The van der Waals surface area contributed by atoms with Crippen molar-refractivity contribution < 1.29 is 4.42 Å². The monoisotopic (exact) mass is 376 g/mol. The van der Waals surface area contributed by atoms with Crippen LogP contribution in [0.3, 0.4) is 0 Å². The van der Waals surface area contributed by atoms with E-state index in [1.54, 1.807) is 11.3 Å². The molecule has 4 aromatic rings. The van der Waals surface area contributed by atoms with E-state index in [9.17, 15) is 0 Å². The number of hydrogen-bond acceptors (Lipinski definition) is 6. The summed E-state index contributed by atoms with van der Waals surface area (Å²) in [7, 11) is 0. The molecule has 136 valence electrons. The van der Waals surface area contributed by atoms with Gasteiger partial charge in [-0.15, -0.1) is 10.2 Å². The van der Waals surface area contributed by atoms with E-state index in [4.69, 9.17) is 4.42 Å². The Morgan fingerprint density at radius 2 is 2.07 bits per heavy atom. The summed E-state index contributed by atoms with van der Waals surface area (Å²) in [5.41, 5.74) is 3.34. The number of fused-ring (bicyclic) bond motifs is 1. The maximum absolute atomic E-state index is 6.05. The van der Waals surface area contributed by atoms with Crippen molar-refractivity contribution in [1.29, 1.82) is 0 Å². The number of para-hydroxylation sites is 1. The van der Waals surface area contributed by atoms with Crippen LogP contribution in [-0.4, -0.2) is 26.6 Å². The molecule has 1 aromatic carbocycles. The molecule has 1 atom stereocenters. The normalized spacial score (nSPS) is 18.1. The molecule has 4 heterocycles. The van der Waals surface area contributed by atoms with Crippen molar-refractivity contribution in [3.05, 3.63) is 64.8 Å². The summed E-state index contributed by atoms with van der Waals surface area (Å²) >= 11 is 1.64. The van der Waals surface area contributed by atoms with Crippen LogP contribution in [0.4, 0.5) is 0 Å². The third kappa shape index (κ3) is 3.26. The molecule has 3 aromatic heterocycles. The fraction of sp³-hybridized carbons (Fsp3) is 0.286. The van der Waals surface area contributed by atoms with Crippen molar-refractivity contribution in [3.8, 4) is 11.5 Å². The Balaban J connectivity index is 1.44. The lowest BCUT2D eigenvalue weighted by Gasteiger charge is -2.33. The van der Waals surface area contributed by atoms with Crippen molar-refractivity contribution in [2.45, 2.75) is 31.8 Å². The van der Waals surface area contributed by atoms with Gasteiger partial charge in [-0.05, 0) is 48.5 Å². The number of rotatable bonds is 4. The zero-order valence-electron chi connectivity index (χ0n) is 14.9. The van der Waals surface area contributed by atoms with Gasteiger partial charge in [0.1, 0.15) is 0 Å². The van der Waals surface area contributed by atoms with Gasteiger partial charge in [0.25, 0.3) is 0 Å². The molecule has 0 spiro atoms. The first kappa shape index (κ1) is 16.6. The van der Waals surface area contributed by atoms with Crippen LogP contribution >= 0.6 is 11.3 Å². The standard InChI is InChI=1S/C21H20N4OS/c1-2-6-18-17(5-1)15(8-10-22-18)13-25-11-4-3-7-19(25)21-24-23-20(26-21)16-9-12-27-14-16/h1-2,5-6,8-10,12,14,19H,3-4,7,11,13H2/t19-/m1/s1. The second kappa shape index (κ2) is 7.21. The minimum Gasteiger partial charge on any atom is -0.419 e. The average Bonchev–Trinajstić information content (AvgIpc) is 3.41. The number of hydrogen-bond donors (Lipinski definition) is 0. The number of benzene rings is 1. The first-order chi connectivity index (χ1) is 13.4. The quantitative estimate of drug-likeness (QED) is 0.497. The largest absolute Gasteiger partial charge is 0.419 e. The Morgan fingerprint density at radius 3 is 3.00 bits per heavy atom. The fourth-order valence-corrected chi connectivity index (χ4v) is 4.47. The minimum atomic E-state index is 0.172. The van der Waals surface area contributed by atoms with E-state index in [1.165, 1.54) is 23.8 Å². The van der Waals surface area contributed by atoms with Gasteiger partial charge in [-0.2, -0.15) is 11.3 Å². The molecule has 5 rings (SSSR count). The maximum atomic E-state index is 6.05. The molecular formula is C21H20N4OS. The van der Waals surface area contributed by atoms with Crippen LogP contribution in [0.15, 0.2) is 57.8 Å². The molecule has 0 bridgehead atoms. The van der Waals surface area contributed by atoms with Gasteiger partial charge in [-0.25, -0.2) is 0 Å². The van der Waals surface area contributed by atoms with Crippen LogP contribution in [0.1, 0.15) is 36.8 Å². The highest BCUT2D eigenvalue weighted by Crippen LogP contribution is 2.34. The highest BCUT2D eigenvalue weighted by molar-refractivity contribution is 7.08. The number of aromatic nitrogens is 3. The number of pyridine rings is 1. The van der Waals surface area contributed by atoms with Crippen LogP contribution < -0.4 is 0 Å². The smallest absolute Gasteiger partial charge is 0.248 e. The van der Waals surface area contributed by atoms with Crippen molar-refractivity contribution in [2.24, 2.45) is 0 Å². The third-order valence-corrected chi connectivity index (χ3v) is 5.90. The van der Waals surface area contributed by atoms with Gasteiger partial charge in [-0.1, -0.05) is 24.6 Å². The predicted molar refractivity (Wildman–Crippen MR) is 106 cm³/mol. The van der Waals surface area contributed by atoms with Crippen molar-refractivity contribution in [2.75, 3.05) is 6.54 Å². The molecule has 1 fully saturated rings. The Bertz CT molecular complexity index is 1040. The van der Waals surface area contributed by atoms with Crippen LogP contribution in [0, 0.1) is 0 Å². The molecule has 1 saturated heterocycles. The van der Waals surface area contributed by atoms with E-state index in [-0.39, 0.29) is 6.04 Å². The lowest BCUT2D eigenvalue weighted by molar-refractivity contribution is 0.119. The highest BCUT2D eigenvalue weighted by atomic mass is 32.1. The van der Waals surface area contributed by atoms with Crippen LogP contribution in [0.25, 0.3) is 22.4 Å². The summed E-state index contributed by atoms with van der Waals surface area (Å²) in [6, 6.07) is 12.6. The van der Waals surface area contributed by atoms with Gasteiger partial charge in [0.2, 0.25) is 11.8 Å². The van der Waals surface area contributed by atoms with E-state index < -0.39 is 0 Å². The molecule has 0 saturated carbocycles. The molecular weight excluding hydrogens is 356 g/mol. The van der Waals surface area contributed by atoms with Crippen LogP contribution in [0.5, 0.6) is 0 Å². The zero-order valence-corrected chi connectivity index (χ0v) is 15.7. The van der Waals surface area contributed by atoms with Gasteiger partial charge in [0.05, 0.1) is 11.6 Å². The third-order valence-electron chi connectivity index (χ3n) is 5.22. The summed E-state index contributed by atoms with van der Waals surface area (Å²) in [5.74, 6) is 1.35. The van der Waals surface area contributed by atoms with E-state index in [1.807, 2.05) is 29.1 Å². The lowest BCUT2D eigenvalue weighted by atomic mass is 10.00. The zero-order chi connectivity index (χ0) is 18.1.